The first-order valence-electron chi connectivity index (χ1n) is 7.09. The van der Waals surface area contributed by atoms with Gasteiger partial charge in [0.1, 0.15) is 0 Å². The van der Waals surface area contributed by atoms with Gasteiger partial charge in [-0.05, 0) is 24.2 Å². The lowest BCUT2D eigenvalue weighted by atomic mass is 9.76. The summed E-state index contributed by atoms with van der Waals surface area (Å²) in [6.45, 7) is 10.1. The second-order valence-corrected chi connectivity index (χ2v) is 8.19. The van der Waals surface area contributed by atoms with Gasteiger partial charge in [0.25, 0.3) is 10.2 Å². The quantitative estimate of drug-likeness (QED) is 0.831. The van der Waals surface area contributed by atoms with Gasteiger partial charge < -0.3 is 5.11 Å². The first-order valence-corrected chi connectivity index (χ1v) is 8.49. The zero-order valence-corrected chi connectivity index (χ0v) is 13.4. The second kappa shape index (κ2) is 6.52. The Morgan fingerprint density at radius 3 is 2.16 bits per heavy atom. The van der Waals surface area contributed by atoms with Crippen molar-refractivity contribution in [3.05, 3.63) is 0 Å². The fourth-order valence-electron chi connectivity index (χ4n) is 2.66. The van der Waals surface area contributed by atoms with Crippen molar-refractivity contribution in [3.63, 3.8) is 0 Å². The fraction of sp³-hybridized carbons (Fsp3) is 1.00. The van der Waals surface area contributed by atoms with Crippen molar-refractivity contribution in [1.82, 2.24) is 8.61 Å². The molecule has 114 valence electrons. The van der Waals surface area contributed by atoms with E-state index >= 15 is 0 Å². The zero-order valence-electron chi connectivity index (χ0n) is 12.6. The summed E-state index contributed by atoms with van der Waals surface area (Å²) in [5, 5.41) is 8.95. The Morgan fingerprint density at radius 2 is 1.79 bits per heavy atom. The summed E-state index contributed by atoms with van der Waals surface area (Å²) in [5.74, 6) is 0.576. The van der Waals surface area contributed by atoms with Crippen molar-refractivity contribution in [2.45, 2.75) is 40.5 Å². The molecule has 0 spiro atoms. The molecule has 1 aliphatic heterocycles. The molecule has 0 atom stereocenters. The molecule has 0 saturated carbocycles. The summed E-state index contributed by atoms with van der Waals surface area (Å²) in [7, 11) is -3.40. The molecule has 0 unspecified atom stereocenters. The lowest BCUT2D eigenvalue weighted by Crippen LogP contribution is -2.49. The van der Waals surface area contributed by atoms with E-state index in [4.69, 9.17) is 5.11 Å². The standard InChI is InChI=1S/C13H28N2O3S/c1-5-14(10-11-16)19(17,18)15-8-6-12(7-9-15)13(2,3)4/h12,16H,5-11H2,1-4H3. The van der Waals surface area contributed by atoms with E-state index in [1.54, 1.807) is 11.2 Å². The van der Waals surface area contributed by atoms with Gasteiger partial charge in [0.2, 0.25) is 0 Å². The van der Waals surface area contributed by atoms with E-state index in [1.165, 1.54) is 4.31 Å². The lowest BCUT2D eigenvalue weighted by Gasteiger charge is -2.39. The summed E-state index contributed by atoms with van der Waals surface area (Å²) < 4.78 is 27.7. The average Bonchev–Trinajstić information content (AvgIpc) is 2.34. The number of nitrogens with zero attached hydrogens (tertiary/aromatic N) is 2. The van der Waals surface area contributed by atoms with Gasteiger partial charge in [-0.1, -0.05) is 27.7 Å². The third-order valence-corrected chi connectivity index (χ3v) is 6.14. The predicted octanol–water partition coefficient (Wildman–Crippen LogP) is 1.30. The Hall–Kier alpha value is -0.170. The van der Waals surface area contributed by atoms with Crippen LogP contribution in [0.3, 0.4) is 0 Å². The normalized spacial score (nSPS) is 20.1. The number of hydrogen-bond acceptors (Lipinski definition) is 3. The van der Waals surface area contributed by atoms with Crippen LogP contribution in [0.5, 0.6) is 0 Å². The Morgan fingerprint density at radius 1 is 1.26 bits per heavy atom. The van der Waals surface area contributed by atoms with Crippen LogP contribution in [0.25, 0.3) is 0 Å². The van der Waals surface area contributed by atoms with E-state index in [1.807, 2.05) is 0 Å². The summed E-state index contributed by atoms with van der Waals surface area (Å²) in [6, 6.07) is 0. The van der Waals surface area contributed by atoms with E-state index in [0.29, 0.717) is 25.6 Å². The molecule has 0 aromatic carbocycles. The third kappa shape index (κ3) is 4.15. The fourth-order valence-corrected chi connectivity index (χ4v) is 4.30. The molecular formula is C13H28N2O3S. The van der Waals surface area contributed by atoms with Crippen LogP contribution in [0.15, 0.2) is 0 Å². The van der Waals surface area contributed by atoms with E-state index in [9.17, 15) is 8.42 Å². The Labute approximate surface area is 117 Å². The Kier molecular flexibility index (Phi) is 5.79. The number of aliphatic hydroxyl groups excluding tert-OH is 1. The molecule has 1 aliphatic rings. The van der Waals surface area contributed by atoms with Crippen LogP contribution >= 0.6 is 0 Å². The van der Waals surface area contributed by atoms with Crippen molar-refractivity contribution >= 4 is 10.2 Å². The molecule has 6 heteroatoms. The van der Waals surface area contributed by atoms with Crippen LogP contribution in [0.1, 0.15) is 40.5 Å². The lowest BCUT2D eigenvalue weighted by molar-refractivity contribution is 0.148. The van der Waals surface area contributed by atoms with Gasteiger partial charge in [-0.25, -0.2) is 0 Å². The number of likely N-dealkylation sites (N-methyl/N-ethyl adjacent to an activating group) is 1. The van der Waals surface area contributed by atoms with Gasteiger partial charge in [-0.2, -0.15) is 17.0 Å². The molecule has 0 aromatic heterocycles. The monoisotopic (exact) mass is 292 g/mol. The SMILES string of the molecule is CCN(CCO)S(=O)(=O)N1CCC(C(C)(C)C)CC1. The number of hydrogen-bond donors (Lipinski definition) is 1. The van der Waals surface area contributed by atoms with Gasteiger partial charge >= 0.3 is 0 Å². The summed E-state index contributed by atoms with van der Waals surface area (Å²) >= 11 is 0. The van der Waals surface area contributed by atoms with E-state index in [-0.39, 0.29) is 18.6 Å². The highest BCUT2D eigenvalue weighted by atomic mass is 32.2. The second-order valence-electron chi connectivity index (χ2n) is 6.26. The third-order valence-electron chi connectivity index (χ3n) is 4.03. The highest BCUT2D eigenvalue weighted by Crippen LogP contribution is 2.35. The highest BCUT2D eigenvalue weighted by molar-refractivity contribution is 7.86. The van der Waals surface area contributed by atoms with Gasteiger partial charge in [-0.3, -0.25) is 0 Å². The molecule has 1 rings (SSSR count). The molecule has 1 saturated heterocycles. The van der Waals surface area contributed by atoms with Crippen molar-refractivity contribution in [2.24, 2.45) is 11.3 Å². The average molecular weight is 292 g/mol. The molecule has 1 N–H and O–H groups in total. The first-order chi connectivity index (χ1) is 8.73. The van der Waals surface area contributed by atoms with Gasteiger partial charge in [0, 0.05) is 26.2 Å². The molecule has 0 aliphatic carbocycles. The van der Waals surface area contributed by atoms with Crippen molar-refractivity contribution in [1.29, 1.82) is 0 Å². The highest BCUT2D eigenvalue weighted by Gasteiger charge is 2.35. The number of aliphatic hydroxyl groups is 1. The molecule has 0 radical (unpaired) electrons. The molecule has 1 heterocycles. The molecule has 1 fully saturated rings. The van der Waals surface area contributed by atoms with Crippen molar-refractivity contribution in [3.8, 4) is 0 Å². The maximum atomic E-state index is 12.4. The van der Waals surface area contributed by atoms with Crippen molar-refractivity contribution < 1.29 is 13.5 Å². The van der Waals surface area contributed by atoms with Crippen LogP contribution in [-0.4, -0.2) is 54.9 Å². The van der Waals surface area contributed by atoms with E-state index in [0.717, 1.165) is 12.8 Å². The van der Waals surface area contributed by atoms with Crippen LogP contribution in [0.4, 0.5) is 0 Å². The Balaban J connectivity index is 2.68. The zero-order chi connectivity index (χ0) is 14.7. The minimum atomic E-state index is -3.40. The first kappa shape index (κ1) is 16.9. The summed E-state index contributed by atoms with van der Waals surface area (Å²) in [5.41, 5.74) is 0.241. The maximum Gasteiger partial charge on any atom is 0.282 e. The Bertz CT molecular complexity index is 368. The van der Waals surface area contributed by atoms with Crippen molar-refractivity contribution in [2.75, 3.05) is 32.8 Å². The molecular weight excluding hydrogens is 264 g/mol. The minimum absolute atomic E-state index is 0.133. The van der Waals surface area contributed by atoms with Gasteiger partial charge in [0.05, 0.1) is 6.61 Å². The maximum absolute atomic E-state index is 12.4. The molecule has 0 aromatic rings. The molecule has 0 amide bonds. The van der Waals surface area contributed by atoms with Crippen LogP contribution in [-0.2, 0) is 10.2 Å². The van der Waals surface area contributed by atoms with E-state index < -0.39 is 10.2 Å². The van der Waals surface area contributed by atoms with Crippen LogP contribution in [0, 0.1) is 11.3 Å². The minimum Gasteiger partial charge on any atom is -0.395 e. The largest absolute Gasteiger partial charge is 0.395 e. The number of rotatable bonds is 5. The number of piperidine rings is 1. The summed E-state index contributed by atoms with van der Waals surface area (Å²) in [4.78, 5) is 0. The molecule has 5 nitrogen and oxygen atoms in total. The van der Waals surface area contributed by atoms with Gasteiger partial charge in [-0.15, -0.1) is 0 Å². The van der Waals surface area contributed by atoms with Crippen LogP contribution < -0.4 is 0 Å². The van der Waals surface area contributed by atoms with Crippen LogP contribution in [0.2, 0.25) is 0 Å². The summed E-state index contributed by atoms with van der Waals surface area (Å²) in [6.07, 6.45) is 1.83. The smallest absolute Gasteiger partial charge is 0.282 e. The van der Waals surface area contributed by atoms with E-state index in [2.05, 4.69) is 20.8 Å². The molecule has 0 bridgehead atoms. The predicted molar refractivity (Wildman–Crippen MR) is 77.0 cm³/mol. The topological polar surface area (TPSA) is 60.9 Å². The van der Waals surface area contributed by atoms with Gasteiger partial charge in [0.15, 0.2) is 0 Å². The molecule has 19 heavy (non-hydrogen) atoms.